The number of hydrogen-bond acceptors (Lipinski definition) is 6. The molecule has 0 aliphatic rings. The number of hydrogen-bond donors (Lipinski definition) is 2. The Hall–Kier alpha value is -0.0700. The van der Waals surface area contributed by atoms with Gasteiger partial charge < -0.3 is 24.3 Å². The minimum absolute atomic E-state index is 0.00106. The van der Waals surface area contributed by atoms with Crippen LogP contribution in [-0.4, -0.2) is 52.0 Å². The third-order valence-electron chi connectivity index (χ3n) is 6.90. The third kappa shape index (κ3) is 21.4. The molecular formula is C29H59O6PS. The van der Waals surface area contributed by atoms with Gasteiger partial charge >= 0.3 is 11.5 Å². The number of aliphatic hydroxyl groups is 1. The monoisotopic (exact) mass is 566 g/mol. The molecule has 0 saturated heterocycles. The smallest absolute Gasteiger partial charge is 0.371 e. The Morgan fingerprint density at radius 2 is 1.27 bits per heavy atom. The molecule has 4 atom stereocenters. The summed E-state index contributed by atoms with van der Waals surface area (Å²) in [6, 6.07) is 0. The highest BCUT2D eigenvalue weighted by Crippen LogP contribution is 2.26. The first kappa shape index (κ1) is 36.9. The average molecular weight is 567 g/mol. The van der Waals surface area contributed by atoms with Gasteiger partial charge in [-0.3, -0.25) is 0 Å². The van der Waals surface area contributed by atoms with E-state index in [2.05, 4.69) is 20.8 Å². The number of thioether (sulfide) groups is 1. The van der Waals surface area contributed by atoms with E-state index in [4.69, 9.17) is 14.6 Å². The average Bonchev–Trinajstić information content (AvgIpc) is 2.89. The minimum atomic E-state index is -2.56. The molecule has 0 spiro atoms. The first-order valence-corrected chi connectivity index (χ1v) is 17.3. The summed E-state index contributed by atoms with van der Waals surface area (Å²) in [5, 5.41) is 19.1. The molecule has 0 aromatic heterocycles. The Balaban J connectivity index is 4.24. The zero-order valence-electron chi connectivity index (χ0n) is 24.2. The van der Waals surface area contributed by atoms with Crippen molar-refractivity contribution in [3.8, 4) is 0 Å². The lowest BCUT2D eigenvalue weighted by Gasteiger charge is -2.24. The summed E-state index contributed by atoms with van der Waals surface area (Å²) in [4.78, 5) is 11.0. The highest BCUT2D eigenvalue weighted by Gasteiger charge is 2.36. The SMILES string of the molecule is CCCCCCCCCCCCSC(CCCCCCCCC)C(C)OCCCOC(O)([PH2]=O)C(=O)O. The molecule has 0 aliphatic carbocycles. The molecule has 0 radical (unpaired) electrons. The zero-order chi connectivity index (χ0) is 27.6. The standard InChI is InChI=1S/C29H59O6PS/c1-4-6-8-10-12-13-14-16-18-20-25-37-27(22-19-17-15-11-9-7-5-2)26(3)34-23-21-24-35-29(32,36-33)28(30)31/h26-27,32H,4-25,36H2,1-3H3,(H,30,31). The molecule has 0 fully saturated rings. The van der Waals surface area contributed by atoms with Gasteiger partial charge in [0, 0.05) is 11.9 Å². The molecule has 0 heterocycles. The Labute approximate surface area is 233 Å². The van der Waals surface area contributed by atoms with Crippen molar-refractivity contribution in [1.29, 1.82) is 0 Å². The number of carbonyl (C=O) groups is 1. The molecule has 0 bridgehead atoms. The number of ether oxygens (including phenoxy) is 2. The van der Waals surface area contributed by atoms with Crippen LogP contribution in [0, 0.1) is 0 Å². The van der Waals surface area contributed by atoms with Crippen LogP contribution < -0.4 is 0 Å². The Morgan fingerprint density at radius 1 is 0.784 bits per heavy atom. The van der Waals surface area contributed by atoms with Gasteiger partial charge in [0.15, 0.2) is 0 Å². The highest BCUT2D eigenvalue weighted by atomic mass is 32.2. The van der Waals surface area contributed by atoms with Crippen LogP contribution in [0.3, 0.4) is 0 Å². The van der Waals surface area contributed by atoms with Crippen LogP contribution in [0.15, 0.2) is 0 Å². The van der Waals surface area contributed by atoms with Crippen molar-refractivity contribution in [1.82, 2.24) is 0 Å². The number of aliphatic carboxylic acids is 1. The lowest BCUT2D eigenvalue weighted by molar-refractivity contribution is -0.190. The lowest BCUT2D eigenvalue weighted by Crippen LogP contribution is -2.36. The second kappa shape index (κ2) is 26.2. The van der Waals surface area contributed by atoms with Crippen molar-refractivity contribution in [2.45, 2.75) is 160 Å². The van der Waals surface area contributed by atoms with Gasteiger partial charge in [0.1, 0.15) is 8.46 Å². The molecule has 0 aliphatic heterocycles. The Kier molecular flexibility index (Phi) is 26.1. The van der Waals surface area contributed by atoms with Crippen LogP contribution >= 0.6 is 20.2 Å². The van der Waals surface area contributed by atoms with E-state index in [1.165, 1.54) is 115 Å². The summed E-state index contributed by atoms with van der Waals surface area (Å²) in [7, 11) is -1.98. The molecule has 0 rings (SSSR count). The molecule has 0 saturated carbocycles. The first-order chi connectivity index (χ1) is 17.9. The third-order valence-corrected chi connectivity index (χ3v) is 9.21. The second-order valence-electron chi connectivity index (χ2n) is 10.4. The van der Waals surface area contributed by atoms with E-state index < -0.39 is 20.0 Å². The molecule has 2 N–H and O–H groups in total. The van der Waals surface area contributed by atoms with Crippen molar-refractivity contribution >= 4 is 26.2 Å². The summed E-state index contributed by atoms with van der Waals surface area (Å²) in [5.74, 6) is -0.434. The largest absolute Gasteiger partial charge is 0.477 e. The Morgan fingerprint density at radius 3 is 1.76 bits per heavy atom. The molecular weight excluding hydrogens is 507 g/mol. The predicted octanol–water partition coefficient (Wildman–Crippen LogP) is 8.45. The lowest BCUT2D eigenvalue weighted by atomic mass is 10.1. The van der Waals surface area contributed by atoms with E-state index in [0.29, 0.717) is 18.3 Å². The fourth-order valence-corrected chi connectivity index (χ4v) is 6.03. The summed E-state index contributed by atoms with van der Waals surface area (Å²) in [5.41, 5.74) is -2.56. The van der Waals surface area contributed by atoms with Crippen molar-refractivity contribution in [3.63, 3.8) is 0 Å². The molecule has 0 aromatic rings. The van der Waals surface area contributed by atoms with Gasteiger partial charge in [-0.05, 0) is 31.9 Å². The van der Waals surface area contributed by atoms with Gasteiger partial charge in [-0.1, -0.05) is 117 Å². The van der Waals surface area contributed by atoms with E-state index in [0.717, 1.165) is 6.42 Å². The predicted molar refractivity (Wildman–Crippen MR) is 160 cm³/mol. The fraction of sp³-hybridized carbons (Fsp3) is 0.966. The molecule has 0 aromatic carbocycles. The highest BCUT2D eigenvalue weighted by molar-refractivity contribution is 7.99. The summed E-state index contributed by atoms with van der Waals surface area (Å²) in [6.07, 6.45) is 24.4. The van der Waals surface area contributed by atoms with Crippen LogP contribution in [0.1, 0.15) is 143 Å². The molecule has 37 heavy (non-hydrogen) atoms. The van der Waals surface area contributed by atoms with Gasteiger partial charge in [-0.25, -0.2) is 4.79 Å². The number of carboxylic acids is 1. The zero-order valence-corrected chi connectivity index (χ0v) is 26.2. The normalized spacial score (nSPS) is 15.2. The first-order valence-electron chi connectivity index (χ1n) is 15.2. The van der Waals surface area contributed by atoms with Crippen LogP contribution in [0.4, 0.5) is 0 Å². The van der Waals surface area contributed by atoms with Crippen molar-refractivity contribution < 1.29 is 29.0 Å². The van der Waals surface area contributed by atoms with E-state index in [1.807, 2.05) is 11.8 Å². The van der Waals surface area contributed by atoms with E-state index in [9.17, 15) is 14.5 Å². The quantitative estimate of drug-likeness (QED) is 0.0533. The van der Waals surface area contributed by atoms with Gasteiger partial charge in [-0.15, -0.1) is 0 Å². The van der Waals surface area contributed by atoms with Crippen LogP contribution in [-0.2, 0) is 18.8 Å². The van der Waals surface area contributed by atoms with E-state index in [1.54, 1.807) is 0 Å². The fourth-order valence-electron chi connectivity index (χ4n) is 4.39. The number of carboxylic acid groups (broad SMARTS) is 1. The van der Waals surface area contributed by atoms with Crippen molar-refractivity contribution in [3.05, 3.63) is 0 Å². The maximum atomic E-state index is 11.0. The van der Waals surface area contributed by atoms with Crippen LogP contribution in [0.25, 0.3) is 0 Å². The maximum Gasteiger partial charge on any atom is 0.371 e. The number of rotatable bonds is 29. The van der Waals surface area contributed by atoms with Crippen LogP contribution in [0.2, 0.25) is 0 Å². The maximum absolute atomic E-state index is 11.0. The topological polar surface area (TPSA) is 93.1 Å². The van der Waals surface area contributed by atoms with Crippen LogP contribution in [0.5, 0.6) is 0 Å². The van der Waals surface area contributed by atoms with Gasteiger partial charge in [-0.2, -0.15) is 11.8 Å². The van der Waals surface area contributed by atoms with Gasteiger partial charge in [0.25, 0.3) is 0 Å². The second-order valence-corrected chi connectivity index (χ2v) is 12.8. The van der Waals surface area contributed by atoms with Crippen molar-refractivity contribution in [2.75, 3.05) is 19.0 Å². The minimum Gasteiger partial charge on any atom is -0.477 e. The summed E-state index contributed by atoms with van der Waals surface area (Å²) < 4.78 is 22.0. The number of unbranched alkanes of at least 4 members (excludes halogenated alkanes) is 15. The van der Waals surface area contributed by atoms with Crippen molar-refractivity contribution in [2.24, 2.45) is 0 Å². The Bertz CT molecular complexity index is 539. The summed E-state index contributed by atoms with van der Waals surface area (Å²) in [6.45, 7) is 7.08. The molecule has 8 heteroatoms. The molecule has 4 unspecified atom stereocenters. The molecule has 0 amide bonds. The van der Waals surface area contributed by atoms with Gasteiger partial charge in [0.05, 0.1) is 12.7 Å². The van der Waals surface area contributed by atoms with E-state index in [-0.39, 0.29) is 12.7 Å². The molecule has 222 valence electrons. The van der Waals surface area contributed by atoms with Gasteiger partial charge in [0.2, 0.25) is 0 Å². The summed E-state index contributed by atoms with van der Waals surface area (Å²) >= 11 is 2.04. The van der Waals surface area contributed by atoms with E-state index >= 15 is 0 Å². The molecule has 6 nitrogen and oxygen atoms in total.